The minimum Gasteiger partial charge on any atom is -0.340 e. The molecule has 0 atom stereocenters. The summed E-state index contributed by atoms with van der Waals surface area (Å²) in [4.78, 5) is 31.2. The summed E-state index contributed by atoms with van der Waals surface area (Å²) in [5.41, 5.74) is 3.05. The first kappa shape index (κ1) is 19.8. The van der Waals surface area contributed by atoms with Crippen molar-refractivity contribution >= 4 is 46.2 Å². The average molecular weight is 390 g/mol. The highest BCUT2D eigenvalue weighted by atomic mass is 16.2. The number of aryl methyl sites for hydroxylation is 1. The smallest absolute Gasteiger partial charge is 0.221 e. The van der Waals surface area contributed by atoms with Gasteiger partial charge in [0.2, 0.25) is 11.8 Å². The van der Waals surface area contributed by atoms with Gasteiger partial charge in [0, 0.05) is 42.7 Å². The highest BCUT2D eigenvalue weighted by Crippen LogP contribution is 2.23. The number of hydrogen-bond acceptors (Lipinski definition) is 6. The van der Waals surface area contributed by atoms with Crippen LogP contribution in [0.25, 0.3) is 0 Å². The first-order valence-corrected chi connectivity index (χ1v) is 9.02. The largest absolute Gasteiger partial charge is 0.340 e. The molecule has 0 saturated carbocycles. The minimum absolute atomic E-state index is 0.115. The zero-order chi connectivity index (χ0) is 20.8. The van der Waals surface area contributed by atoms with E-state index < -0.39 is 0 Å². The molecule has 1 heterocycles. The number of carbonyl (C=O) groups is 2. The minimum atomic E-state index is -0.129. The van der Waals surface area contributed by atoms with Gasteiger partial charge in [-0.25, -0.2) is 9.97 Å². The maximum atomic E-state index is 11.2. The van der Waals surface area contributed by atoms with Crippen molar-refractivity contribution < 1.29 is 9.59 Å². The van der Waals surface area contributed by atoms with Crippen molar-refractivity contribution in [3.05, 3.63) is 60.4 Å². The van der Waals surface area contributed by atoms with Crippen LogP contribution in [0.5, 0.6) is 0 Å². The Morgan fingerprint density at radius 2 is 1.21 bits per heavy atom. The van der Waals surface area contributed by atoms with E-state index in [9.17, 15) is 9.59 Å². The first-order valence-electron chi connectivity index (χ1n) is 9.02. The van der Waals surface area contributed by atoms with Gasteiger partial charge in [-0.05, 0) is 49.4 Å². The van der Waals surface area contributed by atoms with Gasteiger partial charge in [-0.3, -0.25) is 9.59 Å². The number of amides is 2. The molecule has 0 radical (unpaired) electrons. The molecule has 0 unspecified atom stereocenters. The van der Waals surface area contributed by atoms with Crippen LogP contribution in [-0.4, -0.2) is 21.8 Å². The van der Waals surface area contributed by atoms with Crippen molar-refractivity contribution in [3.8, 4) is 0 Å². The number of nitrogens with one attached hydrogen (secondary N) is 4. The fourth-order valence-electron chi connectivity index (χ4n) is 2.71. The van der Waals surface area contributed by atoms with Crippen LogP contribution in [0.4, 0.5) is 34.4 Å². The zero-order valence-corrected chi connectivity index (χ0v) is 16.4. The van der Waals surface area contributed by atoms with E-state index in [1.54, 1.807) is 6.07 Å². The second-order valence-corrected chi connectivity index (χ2v) is 6.46. The molecule has 148 valence electrons. The van der Waals surface area contributed by atoms with Crippen molar-refractivity contribution in [3.63, 3.8) is 0 Å². The van der Waals surface area contributed by atoms with Gasteiger partial charge < -0.3 is 21.3 Å². The van der Waals surface area contributed by atoms with Crippen LogP contribution < -0.4 is 21.3 Å². The van der Waals surface area contributed by atoms with E-state index in [0.717, 1.165) is 17.1 Å². The molecule has 0 aliphatic carbocycles. The number of rotatable bonds is 6. The molecule has 1 aromatic heterocycles. The third-order valence-corrected chi connectivity index (χ3v) is 3.77. The molecule has 8 heteroatoms. The van der Waals surface area contributed by atoms with Gasteiger partial charge in [0.15, 0.2) is 0 Å². The molecule has 0 fully saturated rings. The molecule has 4 N–H and O–H groups in total. The third-order valence-electron chi connectivity index (χ3n) is 3.77. The average Bonchev–Trinajstić information content (AvgIpc) is 2.62. The number of hydrogen-bond donors (Lipinski definition) is 4. The normalized spacial score (nSPS) is 10.2. The van der Waals surface area contributed by atoms with Gasteiger partial charge in [-0.1, -0.05) is 6.07 Å². The van der Waals surface area contributed by atoms with E-state index in [4.69, 9.17) is 0 Å². The third kappa shape index (κ3) is 6.03. The Hall–Kier alpha value is -3.94. The van der Waals surface area contributed by atoms with E-state index in [1.807, 2.05) is 55.5 Å². The van der Waals surface area contributed by atoms with Gasteiger partial charge in [0.25, 0.3) is 0 Å². The van der Waals surface area contributed by atoms with Crippen LogP contribution in [0.15, 0.2) is 54.6 Å². The highest BCUT2D eigenvalue weighted by Gasteiger charge is 2.05. The molecule has 0 aliphatic rings. The van der Waals surface area contributed by atoms with E-state index in [2.05, 4.69) is 31.2 Å². The topological polar surface area (TPSA) is 108 Å². The first-order chi connectivity index (χ1) is 13.9. The van der Waals surface area contributed by atoms with Gasteiger partial charge in [0.05, 0.1) is 0 Å². The lowest BCUT2D eigenvalue weighted by atomic mass is 10.2. The summed E-state index contributed by atoms with van der Waals surface area (Å²) < 4.78 is 0. The van der Waals surface area contributed by atoms with Crippen LogP contribution >= 0.6 is 0 Å². The van der Waals surface area contributed by atoms with Crippen LogP contribution in [0.1, 0.15) is 19.7 Å². The zero-order valence-electron chi connectivity index (χ0n) is 16.4. The Bertz CT molecular complexity index is 1030. The summed E-state index contributed by atoms with van der Waals surface area (Å²) in [7, 11) is 0. The Kier molecular flexibility index (Phi) is 6.03. The summed E-state index contributed by atoms with van der Waals surface area (Å²) in [5.74, 6) is 1.61. The van der Waals surface area contributed by atoms with Crippen molar-refractivity contribution in [2.24, 2.45) is 0 Å². The number of anilines is 6. The molecule has 0 saturated heterocycles. The van der Waals surface area contributed by atoms with Gasteiger partial charge >= 0.3 is 0 Å². The molecule has 0 aliphatic heterocycles. The standard InChI is InChI=1S/C21H22N6O2/c1-13-22-20(26-17-9-7-16(8-10-17)24-14(2)28)12-21(23-13)27-19-6-4-5-18(11-19)25-15(3)29/h4-12H,1-3H3,(H,24,28)(H,25,29)(H2,22,23,26,27). The molecule has 0 bridgehead atoms. The van der Waals surface area contributed by atoms with Crippen molar-refractivity contribution in [1.82, 2.24) is 9.97 Å². The van der Waals surface area contributed by atoms with Gasteiger partial charge in [-0.15, -0.1) is 0 Å². The van der Waals surface area contributed by atoms with Crippen LogP contribution in [-0.2, 0) is 9.59 Å². The lowest BCUT2D eigenvalue weighted by Crippen LogP contribution is -2.06. The Balaban J connectivity index is 1.74. The quantitative estimate of drug-likeness (QED) is 0.503. The SMILES string of the molecule is CC(=O)Nc1ccc(Nc2cc(Nc3cccc(NC(C)=O)c3)nc(C)n2)cc1. The van der Waals surface area contributed by atoms with Crippen molar-refractivity contribution in [2.45, 2.75) is 20.8 Å². The molecular formula is C21H22N6O2. The molecule has 2 amide bonds. The molecule has 29 heavy (non-hydrogen) atoms. The number of aromatic nitrogens is 2. The second-order valence-electron chi connectivity index (χ2n) is 6.46. The van der Waals surface area contributed by atoms with Crippen LogP contribution in [0.2, 0.25) is 0 Å². The van der Waals surface area contributed by atoms with Crippen LogP contribution in [0.3, 0.4) is 0 Å². The monoisotopic (exact) mass is 390 g/mol. The summed E-state index contributed by atoms with van der Waals surface area (Å²) in [6, 6.07) is 16.5. The van der Waals surface area contributed by atoms with Gasteiger partial charge in [-0.2, -0.15) is 0 Å². The summed E-state index contributed by atoms with van der Waals surface area (Å²) >= 11 is 0. The van der Waals surface area contributed by atoms with Gasteiger partial charge in [0.1, 0.15) is 17.5 Å². The molecule has 2 aromatic carbocycles. The fraction of sp³-hybridized carbons (Fsp3) is 0.143. The van der Waals surface area contributed by atoms with E-state index in [-0.39, 0.29) is 11.8 Å². The highest BCUT2D eigenvalue weighted by molar-refractivity contribution is 5.89. The molecule has 3 rings (SSSR count). The van der Waals surface area contributed by atoms with Crippen molar-refractivity contribution in [1.29, 1.82) is 0 Å². The lowest BCUT2D eigenvalue weighted by Gasteiger charge is -2.12. The summed E-state index contributed by atoms with van der Waals surface area (Å²) in [5, 5.41) is 11.9. The maximum Gasteiger partial charge on any atom is 0.221 e. The molecular weight excluding hydrogens is 368 g/mol. The predicted octanol–water partition coefficient (Wildman–Crippen LogP) is 4.19. The van der Waals surface area contributed by atoms with Crippen molar-refractivity contribution in [2.75, 3.05) is 21.3 Å². The maximum absolute atomic E-state index is 11.2. The number of benzene rings is 2. The predicted molar refractivity (Wildman–Crippen MR) is 115 cm³/mol. The Morgan fingerprint density at radius 1 is 0.690 bits per heavy atom. The lowest BCUT2D eigenvalue weighted by molar-refractivity contribution is -0.115. The van der Waals surface area contributed by atoms with E-state index in [1.165, 1.54) is 13.8 Å². The molecule has 8 nitrogen and oxygen atoms in total. The number of nitrogens with zero attached hydrogens (tertiary/aromatic N) is 2. The Morgan fingerprint density at radius 3 is 1.83 bits per heavy atom. The number of carbonyl (C=O) groups excluding carboxylic acids is 2. The summed E-state index contributed by atoms with van der Waals surface area (Å²) in [6.07, 6.45) is 0. The summed E-state index contributed by atoms with van der Waals surface area (Å²) in [6.45, 7) is 4.74. The Labute approximate surface area is 168 Å². The molecule has 3 aromatic rings. The second kappa shape index (κ2) is 8.83. The van der Waals surface area contributed by atoms with E-state index >= 15 is 0 Å². The fourth-order valence-corrected chi connectivity index (χ4v) is 2.71. The van der Waals surface area contributed by atoms with Crippen LogP contribution in [0, 0.1) is 6.92 Å². The van der Waals surface area contributed by atoms with E-state index in [0.29, 0.717) is 23.1 Å². The molecule has 0 spiro atoms.